The fourth-order valence-corrected chi connectivity index (χ4v) is 3.23. The molecule has 1 fully saturated rings. The van der Waals surface area contributed by atoms with Crippen molar-refractivity contribution in [1.29, 1.82) is 0 Å². The third-order valence-corrected chi connectivity index (χ3v) is 4.68. The Kier molecular flexibility index (Phi) is 9.62. The lowest BCUT2D eigenvalue weighted by molar-refractivity contribution is 0.0968. The van der Waals surface area contributed by atoms with E-state index >= 15 is 0 Å². The van der Waals surface area contributed by atoms with E-state index in [-0.39, 0.29) is 30.9 Å². The fraction of sp³-hybridized carbons (Fsp3) is 0.368. The van der Waals surface area contributed by atoms with Crippen LogP contribution < -0.4 is 10.5 Å². The molecule has 0 aromatic heterocycles. The molecule has 138 valence electrons. The van der Waals surface area contributed by atoms with Crippen LogP contribution >= 0.6 is 36.4 Å². The highest BCUT2D eigenvalue weighted by Gasteiger charge is 2.20. The molecule has 25 heavy (non-hydrogen) atoms. The Morgan fingerprint density at radius 2 is 1.72 bits per heavy atom. The lowest BCUT2D eigenvalue weighted by Crippen LogP contribution is -2.37. The van der Waals surface area contributed by atoms with E-state index in [4.69, 9.17) is 22.1 Å². The predicted molar refractivity (Wildman–Crippen MR) is 109 cm³/mol. The zero-order chi connectivity index (χ0) is 16.1. The maximum absolute atomic E-state index is 6.19. The van der Waals surface area contributed by atoms with Crippen LogP contribution in [0.3, 0.4) is 0 Å². The number of piperidine rings is 1. The van der Waals surface area contributed by atoms with Crippen molar-refractivity contribution in [2.75, 3.05) is 13.1 Å². The molecule has 0 amide bonds. The van der Waals surface area contributed by atoms with Crippen LogP contribution in [0, 0.1) is 0 Å². The van der Waals surface area contributed by atoms with Crippen LogP contribution in [0.1, 0.15) is 24.0 Å². The van der Waals surface area contributed by atoms with E-state index in [1.807, 2.05) is 18.2 Å². The number of ether oxygens (including phenoxy) is 1. The quantitative estimate of drug-likeness (QED) is 0.787. The first-order chi connectivity index (χ1) is 11.2. The van der Waals surface area contributed by atoms with Gasteiger partial charge < -0.3 is 10.5 Å². The Morgan fingerprint density at radius 3 is 2.32 bits per heavy atom. The maximum atomic E-state index is 6.19. The van der Waals surface area contributed by atoms with Crippen molar-refractivity contribution in [2.45, 2.75) is 32.0 Å². The standard InChI is InChI=1S/C19H23ClN2O.2ClH/c20-19-12-18(7-6-16(19)13-21)23-17-8-10-22(11-9-17)14-15-4-2-1-3-5-15;;/h1-7,12,17H,8-11,13-14,21H2;2*1H. The normalized spacial score (nSPS) is 15.1. The van der Waals surface area contributed by atoms with E-state index in [9.17, 15) is 0 Å². The van der Waals surface area contributed by atoms with Gasteiger partial charge in [0.1, 0.15) is 11.9 Å². The summed E-state index contributed by atoms with van der Waals surface area (Å²) in [7, 11) is 0. The molecule has 1 saturated heterocycles. The van der Waals surface area contributed by atoms with E-state index < -0.39 is 0 Å². The molecule has 3 rings (SSSR count). The molecule has 3 nitrogen and oxygen atoms in total. The monoisotopic (exact) mass is 402 g/mol. The minimum atomic E-state index is 0. The topological polar surface area (TPSA) is 38.5 Å². The molecule has 0 unspecified atom stereocenters. The number of halogens is 3. The van der Waals surface area contributed by atoms with Crippen molar-refractivity contribution in [3.05, 3.63) is 64.7 Å². The molecule has 2 N–H and O–H groups in total. The average molecular weight is 404 g/mol. The number of rotatable bonds is 5. The van der Waals surface area contributed by atoms with Crippen molar-refractivity contribution >= 4 is 36.4 Å². The summed E-state index contributed by atoms with van der Waals surface area (Å²) in [4.78, 5) is 2.49. The van der Waals surface area contributed by atoms with Gasteiger partial charge >= 0.3 is 0 Å². The van der Waals surface area contributed by atoms with E-state index in [1.165, 1.54) is 5.56 Å². The lowest BCUT2D eigenvalue weighted by atomic mass is 10.1. The fourth-order valence-electron chi connectivity index (χ4n) is 2.99. The molecule has 0 radical (unpaired) electrons. The van der Waals surface area contributed by atoms with Crippen LogP contribution in [0.2, 0.25) is 5.02 Å². The molecule has 0 atom stereocenters. The second kappa shape index (κ2) is 10.9. The van der Waals surface area contributed by atoms with Gasteiger partial charge in [0.15, 0.2) is 0 Å². The summed E-state index contributed by atoms with van der Waals surface area (Å²) in [6.07, 6.45) is 2.36. The molecule has 1 aliphatic rings. The summed E-state index contributed by atoms with van der Waals surface area (Å²) in [5.41, 5.74) is 7.96. The first-order valence-corrected chi connectivity index (χ1v) is 8.54. The Labute approximate surface area is 167 Å². The molecular formula is C19H25Cl3N2O. The zero-order valence-corrected chi connectivity index (χ0v) is 16.5. The van der Waals surface area contributed by atoms with E-state index in [1.54, 1.807) is 0 Å². The van der Waals surface area contributed by atoms with Crippen LogP contribution in [0.25, 0.3) is 0 Å². The summed E-state index contributed by atoms with van der Waals surface area (Å²) in [5, 5.41) is 0.687. The van der Waals surface area contributed by atoms with Crippen molar-refractivity contribution in [3.8, 4) is 5.75 Å². The lowest BCUT2D eigenvalue weighted by Gasteiger charge is -2.32. The van der Waals surface area contributed by atoms with Gasteiger partial charge in [-0.3, -0.25) is 4.90 Å². The van der Waals surface area contributed by atoms with Crippen LogP contribution in [0.4, 0.5) is 0 Å². The van der Waals surface area contributed by atoms with Crippen molar-refractivity contribution in [2.24, 2.45) is 5.73 Å². The molecule has 1 heterocycles. The molecule has 0 aliphatic carbocycles. The molecule has 0 spiro atoms. The summed E-state index contributed by atoms with van der Waals surface area (Å²) in [5.74, 6) is 0.841. The highest BCUT2D eigenvalue weighted by atomic mass is 35.5. The second-order valence-electron chi connectivity index (χ2n) is 6.04. The largest absolute Gasteiger partial charge is 0.490 e. The van der Waals surface area contributed by atoms with Crippen molar-refractivity contribution in [1.82, 2.24) is 4.90 Å². The van der Waals surface area contributed by atoms with Crippen LogP contribution in [0.15, 0.2) is 48.5 Å². The van der Waals surface area contributed by atoms with Gasteiger partial charge in [-0.05, 0) is 36.1 Å². The maximum Gasteiger partial charge on any atom is 0.121 e. The number of hydrogen-bond donors (Lipinski definition) is 1. The van der Waals surface area contributed by atoms with E-state index in [0.717, 1.165) is 43.8 Å². The van der Waals surface area contributed by atoms with Crippen LogP contribution in [0.5, 0.6) is 5.75 Å². The number of nitrogens with zero attached hydrogens (tertiary/aromatic N) is 1. The second-order valence-corrected chi connectivity index (χ2v) is 6.44. The van der Waals surface area contributed by atoms with Crippen molar-refractivity contribution < 1.29 is 4.74 Å². The molecule has 2 aromatic rings. The van der Waals surface area contributed by atoms with Crippen molar-refractivity contribution in [3.63, 3.8) is 0 Å². The molecular weight excluding hydrogens is 379 g/mol. The van der Waals surface area contributed by atoms with Gasteiger partial charge in [0.05, 0.1) is 0 Å². The van der Waals surface area contributed by atoms with E-state index in [2.05, 4.69) is 35.2 Å². The van der Waals surface area contributed by atoms with Gasteiger partial charge in [-0.15, -0.1) is 24.8 Å². The summed E-state index contributed by atoms with van der Waals surface area (Å²) < 4.78 is 6.08. The minimum absolute atomic E-state index is 0. The van der Waals surface area contributed by atoms with Gasteiger partial charge in [0.2, 0.25) is 0 Å². The summed E-state index contributed by atoms with van der Waals surface area (Å²) in [6.45, 7) is 3.60. The number of hydrogen-bond acceptors (Lipinski definition) is 3. The van der Waals surface area contributed by atoms with Crippen LogP contribution in [-0.4, -0.2) is 24.1 Å². The third-order valence-electron chi connectivity index (χ3n) is 4.33. The highest BCUT2D eigenvalue weighted by molar-refractivity contribution is 6.31. The first kappa shape index (κ1) is 22.1. The number of likely N-dealkylation sites (tertiary alicyclic amines) is 1. The molecule has 0 saturated carbocycles. The number of benzene rings is 2. The van der Waals surface area contributed by atoms with Gasteiger partial charge in [0, 0.05) is 31.2 Å². The van der Waals surface area contributed by atoms with Gasteiger partial charge in [-0.1, -0.05) is 48.0 Å². The summed E-state index contributed by atoms with van der Waals surface area (Å²) >= 11 is 6.19. The van der Waals surface area contributed by atoms with Gasteiger partial charge in [0.25, 0.3) is 0 Å². The Bertz CT molecular complexity index is 632. The SMILES string of the molecule is Cl.Cl.NCc1ccc(OC2CCN(Cc3ccccc3)CC2)cc1Cl. The zero-order valence-electron chi connectivity index (χ0n) is 14.1. The molecule has 1 aliphatic heterocycles. The third kappa shape index (κ3) is 6.36. The van der Waals surface area contributed by atoms with Crippen LogP contribution in [-0.2, 0) is 13.1 Å². The molecule has 0 bridgehead atoms. The first-order valence-electron chi connectivity index (χ1n) is 8.16. The Morgan fingerprint density at radius 1 is 1.04 bits per heavy atom. The Hall–Kier alpha value is -0.970. The summed E-state index contributed by atoms with van der Waals surface area (Å²) in [6, 6.07) is 16.4. The molecule has 6 heteroatoms. The Balaban J connectivity index is 0.00000156. The highest BCUT2D eigenvalue weighted by Crippen LogP contribution is 2.25. The van der Waals surface area contributed by atoms with Gasteiger partial charge in [-0.2, -0.15) is 0 Å². The number of nitrogens with two attached hydrogens (primary N) is 1. The minimum Gasteiger partial charge on any atom is -0.490 e. The predicted octanol–water partition coefficient (Wildman–Crippen LogP) is 4.69. The van der Waals surface area contributed by atoms with Gasteiger partial charge in [-0.25, -0.2) is 0 Å². The molecule has 2 aromatic carbocycles. The van der Waals surface area contributed by atoms with E-state index in [0.29, 0.717) is 11.6 Å². The smallest absolute Gasteiger partial charge is 0.121 e. The average Bonchev–Trinajstić information content (AvgIpc) is 2.58.